The van der Waals surface area contributed by atoms with Crippen molar-refractivity contribution in [3.8, 4) is 5.69 Å². The van der Waals surface area contributed by atoms with Crippen LogP contribution in [0.15, 0.2) is 29.4 Å². The molecule has 1 aromatic carbocycles. The Morgan fingerprint density at radius 1 is 1.36 bits per heavy atom. The second kappa shape index (κ2) is 9.02. The molecule has 1 heterocycles. The van der Waals surface area contributed by atoms with E-state index < -0.39 is 12.1 Å². The van der Waals surface area contributed by atoms with Gasteiger partial charge in [-0.15, -0.1) is 5.10 Å². The molecule has 134 valence electrons. The monoisotopic (exact) mass is 363 g/mol. The number of carbonyl (C=O) groups is 2. The first-order valence-corrected chi connectivity index (χ1v) is 9.05. The quantitative estimate of drug-likeness (QED) is 0.641. The molecule has 0 spiro atoms. The third-order valence-electron chi connectivity index (χ3n) is 3.26. The van der Waals surface area contributed by atoms with Crippen LogP contribution in [0, 0.1) is 0 Å². The van der Waals surface area contributed by atoms with Crippen LogP contribution in [0.2, 0.25) is 0 Å². The highest BCUT2D eigenvalue weighted by Crippen LogP contribution is 2.18. The summed E-state index contributed by atoms with van der Waals surface area (Å²) in [6.45, 7) is 4.18. The number of nitrogens with one attached hydrogen (secondary N) is 3. The Kier molecular flexibility index (Phi) is 6.75. The third kappa shape index (κ3) is 5.18. The largest absolute Gasteiger partial charge is 0.354 e. The van der Waals surface area contributed by atoms with Gasteiger partial charge in [0.2, 0.25) is 11.1 Å². The molecule has 0 saturated carbocycles. The normalized spacial score (nSPS) is 11.6. The van der Waals surface area contributed by atoms with Gasteiger partial charge in [0.25, 0.3) is 0 Å². The van der Waals surface area contributed by atoms with Gasteiger partial charge in [0.05, 0.1) is 5.69 Å². The van der Waals surface area contributed by atoms with Crippen LogP contribution in [0.1, 0.15) is 20.3 Å². The Labute approximate surface area is 149 Å². The topological polar surface area (TPSA) is 114 Å². The van der Waals surface area contributed by atoms with E-state index in [2.05, 4.69) is 31.5 Å². The summed E-state index contributed by atoms with van der Waals surface area (Å²) >= 11 is 1.42. The number of urea groups is 1. The summed E-state index contributed by atoms with van der Waals surface area (Å²) in [5.41, 5.74) is 1.29. The lowest BCUT2D eigenvalue weighted by Gasteiger charge is -2.15. The standard InChI is InChI=1S/C15H21N7O2S/c1-4-8-16-13(23)10(2)17-14(24)18-11-6-5-7-12(9-11)22-15(25-3)19-20-21-22/h5-7,9-10H,4,8H2,1-3H3,(H,16,23)(H2,17,18,24)/t10-/m0/s1. The molecule has 1 atom stereocenters. The molecular formula is C15H21N7O2S. The summed E-state index contributed by atoms with van der Waals surface area (Å²) in [5.74, 6) is -0.218. The second-order valence-corrected chi connectivity index (χ2v) is 6.01. The minimum atomic E-state index is -0.627. The van der Waals surface area contributed by atoms with Gasteiger partial charge in [0.15, 0.2) is 0 Å². The first-order valence-electron chi connectivity index (χ1n) is 7.83. The van der Waals surface area contributed by atoms with E-state index in [0.29, 0.717) is 17.4 Å². The van der Waals surface area contributed by atoms with Crippen molar-refractivity contribution in [3.05, 3.63) is 24.3 Å². The smallest absolute Gasteiger partial charge is 0.319 e. The van der Waals surface area contributed by atoms with Crippen molar-refractivity contribution in [2.75, 3.05) is 18.1 Å². The number of hydrogen-bond acceptors (Lipinski definition) is 6. The number of tetrazole rings is 1. The SMILES string of the molecule is CCCNC(=O)[C@H](C)NC(=O)Nc1cccc(-n2nnnc2SC)c1. The second-order valence-electron chi connectivity index (χ2n) is 5.24. The van der Waals surface area contributed by atoms with Crippen LogP contribution in [0.3, 0.4) is 0 Å². The molecule has 0 unspecified atom stereocenters. The van der Waals surface area contributed by atoms with Crippen LogP contribution in [0.25, 0.3) is 5.69 Å². The van der Waals surface area contributed by atoms with Crippen LogP contribution in [0.4, 0.5) is 10.5 Å². The Morgan fingerprint density at radius 3 is 2.88 bits per heavy atom. The van der Waals surface area contributed by atoms with Gasteiger partial charge in [-0.1, -0.05) is 24.8 Å². The number of nitrogens with zero attached hydrogens (tertiary/aromatic N) is 4. The highest BCUT2D eigenvalue weighted by Gasteiger charge is 2.15. The van der Waals surface area contributed by atoms with Gasteiger partial charge in [-0.25, -0.2) is 4.79 Å². The molecule has 0 radical (unpaired) electrons. The molecular weight excluding hydrogens is 342 g/mol. The van der Waals surface area contributed by atoms with E-state index in [9.17, 15) is 9.59 Å². The average Bonchev–Trinajstić information content (AvgIpc) is 3.08. The number of amides is 3. The molecule has 0 aliphatic rings. The lowest BCUT2D eigenvalue weighted by Crippen LogP contribution is -2.46. The molecule has 1 aromatic heterocycles. The zero-order chi connectivity index (χ0) is 18.2. The van der Waals surface area contributed by atoms with Crippen LogP contribution >= 0.6 is 11.8 Å². The van der Waals surface area contributed by atoms with E-state index in [1.165, 1.54) is 11.8 Å². The molecule has 2 rings (SSSR count). The van der Waals surface area contributed by atoms with Crippen molar-refractivity contribution >= 4 is 29.4 Å². The lowest BCUT2D eigenvalue weighted by molar-refractivity contribution is -0.122. The minimum Gasteiger partial charge on any atom is -0.354 e. The van der Waals surface area contributed by atoms with E-state index in [1.807, 2.05) is 19.2 Å². The number of rotatable bonds is 7. The molecule has 0 fully saturated rings. The van der Waals surface area contributed by atoms with Gasteiger partial charge in [0.1, 0.15) is 6.04 Å². The van der Waals surface area contributed by atoms with E-state index in [-0.39, 0.29) is 5.91 Å². The zero-order valence-electron chi connectivity index (χ0n) is 14.3. The van der Waals surface area contributed by atoms with Crippen LogP contribution in [-0.2, 0) is 4.79 Å². The Balaban J connectivity index is 2.00. The molecule has 0 saturated heterocycles. The summed E-state index contributed by atoms with van der Waals surface area (Å²) < 4.78 is 1.58. The van der Waals surface area contributed by atoms with E-state index in [4.69, 9.17) is 0 Å². The molecule has 3 N–H and O–H groups in total. The lowest BCUT2D eigenvalue weighted by atomic mass is 10.2. The maximum atomic E-state index is 12.1. The molecule has 25 heavy (non-hydrogen) atoms. The van der Waals surface area contributed by atoms with Crippen LogP contribution in [-0.4, -0.2) is 51.0 Å². The highest BCUT2D eigenvalue weighted by atomic mass is 32.2. The molecule has 0 aliphatic carbocycles. The summed E-state index contributed by atoms with van der Waals surface area (Å²) in [5, 5.41) is 20.2. The summed E-state index contributed by atoms with van der Waals surface area (Å²) in [7, 11) is 0. The molecule has 2 aromatic rings. The van der Waals surface area contributed by atoms with Crippen molar-refractivity contribution in [2.45, 2.75) is 31.5 Å². The molecule has 0 aliphatic heterocycles. The number of carbonyl (C=O) groups excluding carboxylic acids is 2. The highest BCUT2D eigenvalue weighted by molar-refractivity contribution is 7.98. The van der Waals surface area contributed by atoms with Crippen molar-refractivity contribution < 1.29 is 9.59 Å². The fraction of sp³-hybridized carbons (Fsp3) is 0.400. The Morgan fingerprint density at radius 2 is 2.16 bits per heavy atom. The van der Waals surface area contributed by atoms with Crippen molar-refractivity contribution in [1.82, 2.24) is 30.8 Å². The van der Waals surface area contributed by atoms with Gasteiger partial charge in [-0.3, -0.25) is 4.79 Å². The van der Waals surface area contributed by atoms with Gasteiger partial charge in [-0.05, 0) is 48.2 Å². The summed E-state index contributed by atoms with van der Waals surface area (Å²) in [6.07, 6.45) is 2.72. The number of anilines is 1. The Bertz CT molecular complexity index is 734. The van der Waals surface area contributed by atoms with E-state index >= 15 is 0 Å². The number of benzene rings is 1. The van der Waals surface area contributed by atoms with Crippen molar-refractivity contribution in [1.29, 1.82) is 0 Å². The molecule has 3 amide bonds. The maximum absolute atomic E-state index is 12.1. The first-order chi connectivity index (χ1) is 12.0. The predicted octanol–water partition coefficient (Wildman–Crippen LogP) is 1.42. The first kappa shape index (κ1) is 18.7. The van der Waals surface area contributed by atoms with Crippen LogP contribution in [0.5, 0.6) is 0 Å². The van der Waals surface area contributed by atoms with Gasteiger partial charge in [0, 0.05) is 12.2 Å². The fourth-order valence-electron chi connectivity index (χ4n) is 2.01. The molecule has 10 heteroatoms. The van der Waals surface area contributed by atoms with Gasteiger partial charge < -0.3 is 16.0 Å². The van der Waals surface area contributed by atoms with Crippen molar-refractivity contribution in [2.24, 2.45) is 0 Å². The van der Waals surface area contributed by atoms with Gasteiger partial charge >= 0.3 is 6.03 Å². The van der Waals surface area contributed by atoms with Crippen LogP contribution < -0.4 is 16.0 Å². The maximum Gasteiger partial charge on any atom is 0.319 e. The van der Waals surface area contributed by atoms with Crippen molar-refractivity contribution in [3.63, 3.8) is 0 Å². The number of thioether (sulfide) groups is 1. The summed E-state index contributed by atoms with van der Waals surface area (Å²) in [4.78, 5) is 23.9. The zero-order valence-corrected chi connectivity index (χ0v) is 15.1. The number of aromatic nitrogens is 4. The van der Waals surface area contributed by atoms with E-state index in [0.717, 1.165) is 12.1 Å². The summed E-state index contributed by atoms with van der Waals surface area (Å²) in [6, 6.07) is 6.02. The molecule has 9 nitrogen and oxygen atoms in total. The predicted molar refractivity (Wildman–Crippen MR) is 95.9 cm³/mol. The molecule has 0 bridgehead atoms. The van der Waals surface area contributed by atoms with Gasteiger partial charge in [-0.2, -0.15) is 4.68 Å². The minimum absolute atomic E-state index is 0.218. The van der Waals surface area contributed by atoms with E-state index in [1.54, 1.807) is 29.8 Å². The average molecular weight is 363 g/mol. The Hall–Kier alpha value is -2.62. The third-order valence-corrected chi connectivity index (χ3v) is 3.88. The fourth-order valence-corrected chi connectivity index (χ4v) is 2.45. The number of hydrogen-bond donors (Lipinski definition) is 3.